The molecule has 0 bridgehead atoms. The molecule has 0 aliphatic heterocycles. The van der Waals surface area contributed by atoms with E-state index in [0.717, 1.165) is 10.5 Å². The Morgan fingerprint density at radius 2 is 1.52 bits per heavy atom. The first-order chi connectivity index (χ1) is 10.1. The van der Waals surface area contributed by atoms with Crippen molar-refractivity contribution >= 4 is 35.0 Å². The summed E-state index contributed by atoms with van der Waals surface area (Å²) < 4.78 is 0. The maximum absolute atomic E-state index is 11.9. The van der Waals surface area contributed by atoms with Gasteiger partial charge in [0.2, 0.25) is 0 Å². The first-order valence-corrected chi connectivity index (χ1v) is 7.64. The van der Waals surface area contributed by atoms with Gasteiger partial charge in [0, 0.05) is 16.3 Å². The second-order valence-electron chi connectivity index (χ2n) is 4.51. The Bertz CT molecular complexity index is 654. The molecule has 0 aliphatic carbocycles. The summed E-state index contributed by atoms with van der Waals surface area (Å²) in [5.41, 5.74) is 2.29. The normalized spacial score (nSPS) is 10.0. The van der Waals surface area contributed by atoms with Gasteiger partial charge in [-0.1, -0.05) is 23.8 Å². The van der Waals surface area contributed by atoms with E-state index in [2.05, 4.69) is 10.6 Å². The quantitative estimate of drug-likeness (QED) is 0.675. The predicted octanol–water partition coefficient (Wildman–Crippen LogP) is 3.29. The molecule has 0 unspecified atom stereocenters. The molecule has 21 heavy (non-hydrogen) atoms. The fraction of sp³-hybridized carbons (Fsp3) is 0.125. The summed E-state index contributed by atoms with van der Waals surface area (Å²) in [5.74, 6) is -1.37. The highest BCUT2D eigenvalue weighted by molar-refractivity contribution is 7.98. The molecule has 2 rings (SSSR count). The largest absolute Gasteiger partial charge is 0.318 e. The van der Waals surface area contributed by atoms with Gasteiger partial charge in [-0.2, -0.15) is 0 Å². The van der Waals surface area contributed by atoms with Crippen LogP contribution in [0.25, 0.3) is 0 Å². The van der Waals surface area contributed by atoms with Gasteiger partial charge in [0.15, 0.2) is 0 Å². The number of carbonyl (C=O) groups is 2. The van der Waals surface area contributed by atoms with Gasteiger partial charge in [-0.25, -0.2) is 0 Å². The van der Waals surface area contributed by atoms with Gasteiger partial charge in [0.25, 0.3) is 0 Å². The second kappa shape index (κ2) is 6.95. The van der Waals surface area contributed by atoms with Crippen molar-refractivity contribution in [2.75, 3.05) is 16.9 Å². The van der Waals surface area contributed by atoms with E-state index in [4.69, 9.17) is 0 Å². The molecule has 0 spiro atoms. The first-order valence-electron chi connectivity index (χ1n) is 6.41. The van der Waals surface area contributed by atoms with Crippen molar-refractivity contribution in [3.8, 4) is 0 Å². The summed E-state index contributed by atoms with van der Waals surface area (Å²) in [6.45, 7) is 1.96. The van der Waals surface area contributed by atoms with E-state index in [0.29, 0.717) is 11.4 Å². The lowest BCUT2D eigenvalue weighted by Gasteiger charge is -2.07. The number of aryl methyl sites for hydroxylation is 1. The highest BCUT2D eigenvalue weighted by atomic mass is 32.2. The number of thioether (sulfide) groups is 1. The topological polar surface area (TPSA) is 58.2 Å². The van der Waals surface area contributed by atoms with E-state index >= 15 is 0 Å². The van der Waals surface area contributed by atoms with Gasteiger partial charge in [0.05, 0.1) is 0 Å². The number of anilines is 2. The minimum Gasteiger partial charge on any atom is -0.318 e. The van der Waals surface area contributed by atoms with E-state index in [1.165, 1.54) is 0 Å². The van der Waals surface area contributed by atoms with Crippen molar-refractivity contribution in [3.05, 3.63) is 54.1 Å². The van der Waals surface area contributed by atoms with Gasteiger partial charge in [-0.15, -0.1) is 11.8 Å². The molecule has 5 heteroatoms. The third-order valence-corrected chi connectivity index (χ3v) is 3.57. The number of hydrogen-bond acceptors (Lipinski definition) is 3. The molecule has 0 aromatic heterocycles. The standard InChI is InChI=1S/C16H16N2O2S/c1-11-6-8-12(9-7-11)17-15(19)16(20)18-13-4-3-5-14(10-13)21-2/h3-10H,1-2H3,(H,17,19)(H,18,20). The second-order valence-corrected chi connectivity index (χ2v) is 5.39. The zero-order chi connectivity index (χ0) is 15.2. The summed E-state index contributed by atoms with van der Waals surface area (Å²) >= 11 is 1.57. The van der Waals surface area contributed by atoms with E-state index in [9.17, 15) is 9.59 Å². The molecule has 2 aromatic rings. The van der Waals surface area contributed by atoms with Crippen LogP contribution in [0, 0.1) is 6.92 Å². The van der Waals surface area contributed by atoms with Gasteiger partial charge >= 0.3 is 11.8 Å². The van der Waals surface area contributed by atoms with E-state index in [1.807, 2.05) is 43.5 Å². The molecule has 0 fully saturated rings. The molecule has 108 valence electrons. The summed E-state index contributed by atoms with van der Waals surface area (Å²) in [7, 11) is 0. The fourth-order valence-electron chi connectivity index (χ4n) is 1.71. The third-order valence-electron chi connectivity index (χ3n) is 2.84. The average Bonchev–Trinajstić information content (AvgIpc) is 2.49. The molecule has 0 atom stereocenters. The molecular weight excluding hydrogens is 284 g/mol. The Kier molecular flexibility index (Phi) is 5.00. The Balaban J connectivity index is 1.99. The molecule has 2 N–H and O–H groups in total. The molecule has 0 aliphatic rings. The van der Waals surface area contributed by atoms with Crippen LogP contribution in [0.1, 0.15) is 5.56 Å². The van der Waals surface area contributed by atoms with Crippen molar-refractivity contribution < 1.29 is 9.59 Å². The number of amides is 2. The summed E-state index contributed by atoms with van der Waals surface area (Å²) in [4.78, 5) is 24.7. The zero-order valence-corrected chi connectivity index (χ0v) is 12.7. The minimum atomic E-state index is -0.687. The Hall–Kier alpha value is -2.27. The van der Waals surface area contributed by atoms with Crippen LogP contribution < -0.4 is 10.6 Å². The molecule has 2 aromatic carbocycles. The monoisotopic (exact) mass is 300 g/mol. The molecular formula is C16H16N2O2S. The summed E-state index contributed by atoms with van der Waals surface area (Å²) in [5, 5.41) is 5.15. The molecule has 0 heterocycles. The fourth-order valence-corrected chi connectivity index (χ4v) is 2.17. The Morgan fingerprint density at radius 1 is 0.905 bits per heavy atom. The molecule has 0 radical (unpaired) electrons. The van der Waals surface area contributed by atoms with Crippen LogP contribution in [0.4, 0.5) is 11.4 Å². The predicted molar refractivity (Wildman–Crippen MR) is 86.7 cm³/mol. The van der Waals surface area contributed by atoms with Crippen LogP contribution in [-0.4, -0.2) is 18.1 Å². The SMILES string of the molecule is CSc1cccc(NC(=O)C(=O)Nc2ccc(C)cc2)c1. The first kappa shape index (κ1) is 15.1. The smallest absolute Gasteiger partial charge is 0.314 e. The number of hydrogen-bond donors (Lipinski definition) is 2. The number of nitrogens with one attached hydrogen (secondary N) is 2. The van der Waals surface area contributed by atoms with Crippen LogP contribution in [0.2, 0.25) is 0 Å². The summed E-state index contributed by atoms with van der Waals surface area (Å²) in [6, 6.07) is 14.6. The Labute approximate surface area is 127 Å². The minimum absolute atomic E-state index is 0.596. The van der Waals surface area contributed by atoms with Gasteiger partial charge < -0.3 is 10.6 Å². The van der Waals surface area contributed by atoms with Crippen LogP contribution in [0.5, 0.6) is 0 Å². The number of benzene rings is 2. The van der Waals surface area contributed by atoms with Crippen molar-refractivity contribution in [2.24, 2.45) is 0 Å². The summed E-state index contributed by atoms with van der Waals surface area (Å²) in [6.07, 6.45) is 1.95. The number of carbonyl (C=O) groups excluding carboxylic acids is 2. The van der Waals surface area contributed by atoms with Gasteiger partial charge in [-0.3, -0.25) is 9.59 Å². The molecule has 0 saturated heterocycles. The lowest BCUT2D eigenvalue weighted by Crippen LogP contribution is -2.29. The molecule has 2 amide bonds. The van der Waals surface area contributed by atoms with Crippen LogP contribution >= 0.6 is 11.8 Å². The lowest BCUT2D eigenvalue weighted by atomic mass is 10.2. The lowest BCUT2D eigenvalue weighted by molar-refractivity contribution is -0.133. The van der Waals surface area contributed by atoms with E-state index < -0.39 is 11.8 Å². The number of rotatable bonds is 3. The van der Waals surface area contributed by atoms with Crippen molar-refractivity contribution in [3.63, 3.8) is 0 Å². The van der Waals surface area contributed by atoms with Gasteiger partial charge in [-0.05, 0) is 43.5 Å². The van der Waals surface area contributed by atoms with Crippen molar-refractivity contribution in [2.45, 2.75) is 11.8 Å². The van der Waals surface area contributed by atoms with Crippen molar-refractivity contribution in [1.29, 1.82) is 0 Å². The van der Waals surface area contributed by atoms with E-state index in [-0.39, 0.29) is 0 Å². The van der Waals surface area contributed by atoms with Crippen LogP contribution in [0.3, 0.4) is 0 Å². The maximum Gasteiger partial charge on any atom is 0.314 e. The van der Waals surface area contributed by atoms with E-state index in [1.54, 1.807) is 30.0 Å². The van der Waals surface area contributed by atoms with Crippen molar-refractivity contribution in [1.82, 2.24) is 0 Å². The Morgan fingerprint density at radius 3 is 2.14 bits per heavy atom. The van der Waals surface area contributed by atoms with Crippen LogP contribution in [-0.2, 0) is 9.59 Å². The molecule has 0 saturated carbocycles. The highest BCUT2D eigenvalue weighted by Gasteiger charge is 2.14. The third kappa shape index (κ3) is 4.36. The van der Waals surface area contributed by atoms with Crippen LogP contribution in [0.15, 0.2) is 53.4 Å². The zero-order valence-electron chi connectivity index (χ0n) is 11.8. The highest BCUT2D eigenvalue weighted by Crippen LogP contribution is 2.19. The maximum atomic E-state index is 11.9. The van der Waals surface area contributed by atoms with Gasteiger partial charge in [0.1, 0.15) is 0 Å². The molecule has 4 nitrogen and oxygen atoms in total. The average molecular weight is 300 g/mol.